The summed E-state index contributed by atoms with van der Waals surface area (Å²) in [7, 11) is 1.87. The Hall–Kier alpha value is -2.87. The molecule has 1 atom stereocenters. The number of aryl methyl sites for hydroxylation is 1. The van der Waals surface area contributed by atoms with Crippen LogP contribution in [0.2, 0.25) is 0 Å². The minimum atomic E-state index is 0.0859. The lowest BCUT2D eigenvalue weighted by atomic mass is 10.1. The van der Waals surface area contributed by atoms with Crippen molar-refractivity contribution in [1.82, 2.24) is 24.9 Å². The summed E-state index contributed by atoms with van der Waals surface area (Å²) in [5, 5.41) is 7.58. The van der Waals surface area contributed by atoms with Gasteiger partial charge in [0.15, 0.2) is 5.96 Å². The first-order chi connectivity index (χ1) is 15.6. The maximum atomic E-state index is 12.8. The molecule has 1 amide bonds. The largest absolute Gasteiger partial charge is 0.357 e. The topological polar surface area (TPSA) is 69.0 Å². The van der Waals surface area contributed by atoms with E-state index in [1.165, 1.54) is 12.0 Å². The third-order valence-electron chi connectivity index (χ3n) is 6.29. The van der Waals surface area contributed by atoms with Crippen LogP contribution in [-0.4, -0.2) is 83.8 Å². The molecule has 8 nitrogen and oxygen atoms in total. The van der Waals surface area contributed by atoms with E-state index in [1.807, 2.05) is 18.1 Å². The molecule has 4 rings (SSSR count). The van der Waals surface area contributed by atoms with Crippen LogP contribution >= 0.6 is 0 Å². The molecule has 2 saturated heterocycles. The second-order valence-electron chi connectivity index (χ2n) is 8.72. The van der Waals surface area contributed by atoms with Crippen molar-refractivity contribution in [3.8, 4) is 0 Å². The van der Waals surface area contributed by atoms with Gasteiger partial charge in [-0.1, -0.05) is 30.3 Å². The van der Waals surface area contributed by atoms with Crippen LogP contribution < -0.4 is 10.2 Å². The molecule has 3 heterocycles. The van der Waals surface area contributed by atoms with Crippen LogP contribution in [0.5, 0.6) is 0 Å². The average molecular weight is 438 g/mol. The van der Waals surface area contributed by atoms with Gasteiger partial charge in [-0.05, 0) is 37.8 Å². The Morgan fingerprint density at radius 3 is 2.78 bits per heavy atom. The molecule has 1 unspecified atom stereocenters. The summed E-state index contributed by atoms with van der Waals surface area (Å²) >= 11 is 0. The van der Waals surface area contributed by atoms with Crippen molar-refractivity contribution in [3.63, 3.8) is 0 Å². The number of anilines is 1. The van der Waals surface area contributed by atoms with Gasteiger partial charge in [-0.3, -0.25) is 14.5 Å². The van der Waals surface area contributed by atoms with Crippen molar-refractivity contribution in [1.29, 1.82) is 0 Å². The molecule has 2 aliphatic rings. The number of aliphatic imine (C=N–C) groups is 1. The highest BCUT2D eigenvalue weighted by Gasteiger charge is 2.28. The SMILES string of the molecule is CCNC(=NCC1CCN(CCc2ccccc2)C1)N1CCN(c2cnn(C)c2)C(=O)C1. The van der Waals surface area contributed by atoms with Crippen LogP contribution in [0.1, 0.15) is 18.9 Å². The van der Waals surface area contributed by atoms with Crippen molar-refractivity contribution in [2.24, 2.45) is 18.0 Å². The molecule has 8 heteroatoms. The number of carbonyl (C=O) groups excluding carboxylic acids is 1. The first-order valence-electron chi connectivity index (χ1n) is 11.7. The fraction of sp³-hybridized carbons (Fsp3) is 0.542. The van der Waals surface area contributed by atoms with Crippen molar-refractivity contribution < 1.29 is 4.79 Å². The second-order valence-corrected chi connectivity index (χ2v) is 8.72. The molecule has 0 radical (unpaired) electrons. The number of aromatic nitrogens is 2. The van der Waals surface area contributed by atoms with E-state index in [9.17, 15) is 4.79 Å². The predicted octanol–water partition coefficient (Wildman–Crippen LogP) is 1.60. The lowest BCUT2D eigenvalue weighted by molar-refractivity contribution is -0.120. The summed E-state index contributed by atoms with van der Waals surface area (Å²) in [5.74, 6) is 1.52. The second kappa shape index (κ2) is 10.6. The maximum Gasteiger partial charge on any atom is 0.246 e. The quantitative estimate of drug-likeness (QED) is 0.526. The van der Waals surface area contributed by atoms with E-state index in [4.69, 9.17) is 4.99 Å². The number of amides is 1. The van der Waals surface area contributed by atoms with Crippen LogP contribution in [0.3, 0.4) is 0 Å². The fourth-order valence-corrected chi connectivity index (χ4v) is 4.51. The molecule has 0 saturated carbocycles. The van der Waals surface area contributed by atoms with Crippen LogP contribution in [-0.2, 0) is 18.3 Å². The van der Waals surface area contributed by atoms with E-state index in [1.54, 1.807) is 10.9 Å². The highest BCUT2D eigenvalue weighted by Crippen LogP contribution is 2.18. The predicted molar refractivity (Wildman–Crippen MR) is 128 cm³/mol. The molecule has 2 aromatic rings. The first kappa shape index (κ1) is 22.3. The number of rotatable bonds is 7. The van der Waals surface area contributed by atoms with Gasteiger partial charge >= 0.3 is 0 Å². The Morgan fingerprint density at radius 1 is 1.22 bits per heavy atom. The zero-order valence-electron chi connectivity index (χ0n) is 19.3. The number of carbonyl (C=O) groups is 1. The average Bonchev–Trinajstić information content (AvgIpc) is 3.44. The summed E-state index contributed by atoms with van der Waals surface area (Å²) in [4.78, 5) is 24.1. The summed E-state index contributed by atoms with van der Waals surface area (Å²) < 4.78 is 1.73. The molecular formula is C24H35N7O. The molecule has 2 aliphatic heterocycles. The zero-order chi connectivity index (χ0) is 22.3. The molecule has 1 aromatic heterocycles. The van der Waals surface area contributed by atoms with Gasteiger partial charge in [0.05, 0.1) is 11.9 Å². The van der Waals surface area contributed by atoms with Gasteiger partial charge in [0, 0.05) is 52.5 Å². The molecule has 0 spiro atoms. The lowest BCUT2D eigenvalue weighted by Gasteiger charge is -2.35. The van der Waals surface area contributed by atoms with Gasteiger partial charge in [0.2, 0.25) is 5.91 Å². The van der Waals surface area contributed by atoms with Crippen molar-refractivity contribution in [3.05, 3.63) is 48.3 Å². The number of benzene rings is 1. The number of nitrogens with one attached hydrogen (secondary N) is 1. The molecular weight excluding hydrogens is 402 g/mol. The minimum Gasteiger partial charge on any atom is -0.357 e. The first-order valence-corrected chi connectivity index (χ1v) is 11.7. The van der Waals surface area contributed by atoms with Crippen molar-refractivity contribution in [2.75, 3.05) is 57.3 Å². The van der Waals surface area contributed by atoms with Gasteiger partial charge in [-0.2, -0.15) is 5.10 Å². The molecule has 1 N–H and O–H groups in total. The molecule has 0 bridgehead atoms. The third-order valence-corrected chi connectivity index (χ3v) is 6.29. The minimum absolute atomic E-state index is 0.0859. The Bertz CT molecular complexity index is 910. The fourth-order valence-electron chi connectivity index (χ4n) is 4.51. The molecule has 32 heavy (non-hydrogen) atoms. The maximum absolute atomic E-state index is 12.8. The normalized spacial score (nSPS) is 20.2. The third kappa shape index (κ3) is 5.68. The molecule has 0 aliphatic carbocycles. The number of hydrogen-bond donors (Lipinski definition) is 1. The number of piperazine rings is 1. The highest BCUT2D eigenvalue weighted by molar-refractivity contribution is 5.98. The molecule has 2 fully saturated rings. The van der Waals surface area contributed by atoms with Crippen LogP contribution in [0.15, 0.2) is 47.7 Å². The van der Waals surface area contributed by atoms with E-state index >= 15 is 0 Å². The van der Waals surface area contributed by atoms with Gasteiger partial charge in [-0.25, -0.2) is 0 Å². The van der Waals surface area contributed by atoms with E-state index in [-0.39, 0.29) is 5.91 Å². The monoisotopic (exact) mass is 437 g/mol. The number of hydrogen-bond acceptors (Lipinski definition) is 4. The summed E-state index contributed by atoms with van der Waals surface area (Å²) in [6.07, 6.45) is 5.92. The number of nitrogens with zero attached hydrogens (tertiary/aromatic N) is 6. The Morgan fingerprint density at radius 2 is 2.06 bits per heavy atom. The van der Waals surface area contributed by atoms with E-state index in [0.717, 1.165) is 57.3 Å². The molecule has 1 aromatic carbocycles. The smallest absolute Gasteiger partial charge is 0.246 e. The van der Waals surface area contributed by atoms with Crippen molar-refractivity contribution >= 4 is 17.6 Å². The van der Waals surface area contributed by atoms with Crippen molar-refractivity contribution in [2.45, 2.75) is 19.8 Å². The van der Waals surface area contributed by atoms with Crippen LogP contribution in [0, 0.1) is 5.92 Å². The summed E-state index contributed by atoms with van der Waals surface area (Å²) in [5.41, 5.74) is 2.26. The Kier molecular flexibility index (Phi) is 7.42. The highest BCUT2D eigenvalue weighted by atomic mass is 16.2. The van der Waals surface area contributed by atoms with Gasteiger partial charge in [-0.15, -0.1) is 0 Å². The van der Waals surface area contributed by atoms with Crippen LogP contribution in [0.25, 0.3) is 0 Å². The van der Waals surface area contributed by atoms with Crippen LogP contribution in [0.4, 0.5) is 5.69 Å². The number of likely N-dealkylation sites (tertiary alicyclic amines) is 1. The van der Waals surface area contributed by atoms with Gasteiger partial charge < -0.3 is 20.0 Å². The van der Waals surface area contributed by atoms with E-state index < -0.39 is 0 Å². The van der Waals surface area contributed by atoms with E-state index in [2.05, 4.69) is 57.5 Å². The lowest BCUT2D eigenvalue weighted by Crippen LogP contribution is -2.55. The number of guanidine groups is 1. The zero-order valence-corrected chi connectivity index (χ0v) is 19.3. The van der Waals surface area contributed by atoms with E-state index in [0.29, 0.717) is 19.0 Å². The summed E-state index contributed by atoms with van der Waals surface area (Å²) in [6, 6.07) is 10.7. The Balaban J connectivity index is 1.28. The Labute approximate surface area is 190 Å². The molecule has 172 valence electrons. The summed E-state index contributed by atoms with van der Waals surface area (Å²) in [6.45, 7) is 8.78. The van der Waals surface area contributed by atoms with Gasteiger partial charge in [0.25, 0.3) is 0 Å². The van der Waals surface area contributed by atoms with Gasteiger partial charge in [0.1, 0.15) is 6.54 Å². The standard InChI is InChI=1S/C24H35N7O/c1-3-25-24(30-13-14-31(23(32)19-30)22-16-27-28(2)18-22)26-15-21-10-12-29(17-21)11-9-20-7-5-4-6-8-20/h4-8,16,18,21H,3,9-15,17,19H2,1-2H3,(H,25,26).